The average Bonchev–Trinajstić information content (AvgIpc) is 3.05. The summed E-state index contributed by atoms with van der Waals surface area (Å²) in [5.74, 6) is 1.20. The third-order valence-electron chi connectivity index (χ3n) is 3.18. The lowest BCUT2D eigenvalue weighted by Gasteiger charge is -2.03. The number of aromatic nitrogens is 2. The number of rotatable bonds is 5. The maximum atomic E-state index is 13.1. The second-order valence-corrected chi connectivity index (χ2v) is 5.13. The van der Waals surface area contributed by atoms with E-state index in [4.69, 9.17) is 20.9 Å². The van der Waals surface area contributed by atoms with E-state index in [0.717, 1.165) is 11.3 Å². The lowest BCUT2D eigenvalue weighted by atomic mass is 10.2. The van der Waals surface area contributed by atoms with Gasteiger partial charge in [0.05, 0.1) is 18.7 Å². The van der Waals surface area contributed by atoms with Crippen LogP contribution in [0.4, 0.5) is 10.1 Å². The van der Waals surface area contributed by atoms with E-state index in [1.54, 1.807) is 13.2 Å². The van der Waals surface area contributed by atoms with Gasteiger partial charge in [0, 0.05) is 11.3 Å². The van der Waals surface area contributed by atoms with Gasteiger partial charge < -0.3 is 14.6 Å². The number of hydrogen-bond donors (Lipinski definition) is 1. The van der Waals surface area contributed by atoms with Crippen LogP contribution < -0.4 is 10.1 Å². The summed E-state index contributed by atoms with van der Waals surface area (Å²) in [5, 5.41) is 7.03. The molecule has 0 atom stereocenters. The van der Waals surface area contributed by atoms with Crippen molar-refractivity contribution in [2.75, 3.05) is 12.4 Å². The molecule has 0 bridgehead atoms. The maximum Gasteiger partial charge on any atom is 0.246 e. The molecule has 0 amide bonds. The van der Waals surface area contributed by atoms with Gasteiger partial charge in [-0.3, -0.25) is 0 Å². The molecule has 23 heavy (non-hydrogen) atoms. The Morgan fingerprint density at radius 1 is 1.22 bits per heavy atom. The molecule has 0 saturated carbocycles. The Labute approximate surface area is 137 Å². The summed E-state index contributed by atoms with van der Waals surface area (Å²) >= 11 is 5.73. The van der Waals surface area contributed by atoms with Crippen molar-refractivity contribution in [2.24, 2.45) is 0 Å². The van der Waals surface area contributed by atoms with Crippen LogP contribution in [0.1, 0.15) is 5.89 Å². The minimum atomic E-state index is -0.461. The van der Waals surface area contributed by atoms with Gasteiger partial charge in [-0.2, -0.15) is 4.98 Å². The summed E-state index contributed by atoms with van der Waals surface area (Å²) in [7, 11) is 1.61. The van der Waals surface area contributed by atoms with Crippen LogP contribution in [0, 0.1) is 5.82 Å². The Bertz CT molecular complexity index is 805. The van der Waals surface area contributed by atoms with E-state index >= 15 is 0 Å². The molecule has 118 valence electrons. The highest BCUT2D eigenvalue weighted by molar-refractivity contribution is 6.31. The molecule has 2 aromatic carbocycles. The van der Waals surface area contributed by atoms with E-state index in [-0.39, 0.29) is 5.02 Å². The zero-order valence-electron chi connectivity index (χ0n) is 12.2. The molecule has 0 fully saturated rings. The lowest BCUT2D eigenvalue weighted by Crippen LogP contribution is -1.99. The van der Waals surface area contributed by atoms with Crippen molar-refractivity contribution in [2.45, 2.75) is 6.54 Å². The first-order valence-electron chi connectivity index (χ1n) is 6.81. The molecule has 3 aromatic rings. The second kappa shape index (κ2) is 6.66. The van der Waals surface area contributed by atoms with Crippen LogP contribution in [0.5, 0.6) is 5.75 Å². The highest BCUT2D eigenvalue weighted by Crippen LogP contribution is 2.21. The van der Waals surface area contributed by atoms with Gasteiger partial charge in [0.15, 0.2) is 0 Å². The van der Waals surface area contributed by atoms with Crippen molar-refractivity contribution in [3.8, 4) is 17.1 Å². The van der Waals surface area contributed by atoms with Gasteiger partial charge in [0.25, 0.3) is 0 Å². The number of halogens is 2. The third kappa shape index (κ3) is 3.60. The largest absolute Gasteiger partial charge is 0.497 e. The Morgan fingerprint density at radius 2 is 2.00 bits per heavy atom. The highest BCUT2D eigenvalue weighted by Gasteiger charge is 2.09. The highest BCUT2D eigenvalue weighted by atomic mass is 35.5. The SMILES string of the molecule is COc1ccc(-c2noc(CNc3ccc(F)c(Cl)c3)n2)cc1. The molecule has 3 rings (SSSR count). The fourth-order valence-electron chi connectivity index (χ4n) is 1.97. The van der Waals surface area contributed by atoms with E-state index in [1.165, 1.54) is 12.1 Å². The monoisotopic (exact) mass is 333 g/mol. The molecule has 1 aromatic heterocycles. The first-order valence-corrected chi connectivity index (χ1v) is 7.19. The van der Waals surface area contributed by atoms with E-state index in [9.17, 15) is 4.39 Å². The number of methoxy groups -OCH3 is 1. The van der Waals surface area contributed by atoms with Crippen molar-refractivity contribution >= 4 is 17.3 Å². The topological polar surface area (TPSA) is 60.2 Å². The lowest BCUT2D eigenvalue weighted by molar-refractivity contribution is 0.384. The van der Waals surface area contributed by atoms with Crippen molar-refractivity contribution in [3.05, 3.63) is 59.2 Å². The van der Waals surface area contributed by atoms with Crippen LogP contribution in [-0.4, -0.2) is 17.3 Å². The Kier molecular flexibility index (Phi) is 4.43. The fraction of sp³-hybridized carbons (Fsp3) is 0.125. The van der Waals surface area contributed by atoms with Gasteiger partial charge in [-0.25, -0.2) is 4.39 Å². The van der Waals surface area contributed by atoms with E-state index in [2.05, 4.69) is 15.5 Å². The van der Waals surface area contributed by atoms with Crippen LogP contribution in [-0.2, 0) is 6.54 Å². The standard InChI is InChI=1S/C16H13ClFN3O2/c1-22-12-5-2-10(3-6-12)16-20-15(23-21-16)9-19-11-4-7-14(18)13(17)8-11/h2-8,19H,9H2,1H3. The van der Waals surface area contributed by atoms with Gasteiger partial charge >= 0.3 is 0 Å². The molecule has 1 heterocycles. The van der Waals surface area contributed by atoms with Crippen molar-refractivity contribution in [3.63, 3.8) is 0 Å². The van der Waals surface area contributed by atoms with E-state index in [0.29, 0.717) is 23.9 Å². The number of ether oxygens (including phenoxy) is 1. The predicted octanol–water partition coefficient (Wildman–Crippen LogP) is 4.15. The summed E-state index contributed by atoms with van der Waals surface area (Å²) in [6, 6.07) is 11.7. The van der Waals surface area contributed by atoms with E-state index in [1.807, 2.05) is 24.3 Å². The molecule has 0 saturated heterocycles. The van der Waals surface area contributed by atoms with Crippen molar-refractivity contribution in [1.29, 1.82) is 0 Å². The van der Waals surface area contributed by atoms with Crippen molar-refractivity contribution < 1.29 is 13.7 Å². The van der Waals surface area contributed by atoms with Gasteiger partial charge in [-0.1, -0.05) is 16.8 Å². The first kappa shape index (κ1) is 15.3. The smallest absolute Gasteiger partial charge is 0.246 e. The summed E-state index contributed by atoms with van der Waals surface area (Å²) in [4.78, 5) is 4.30. The number of nitrogens with zero attached hydrogens (tertiary/aromatic N) is 2. The quantitative estimate of drug-likeness (QED) is 0.760. The molecule has 0 spiro atoms. The van der Waals surface area contributed by atoms with Crippen LogP contribution in [0.15, 0.2) is 47.0 Å². The number of hydrogen-bond acceptors (Lipinski definition) is 5. The summed E-state index contributed by atoms with van der Waals surface area (Å²) in [6.07, 6.45) is 0. The Hall–Kier alpha value is -2.60. The van der Waals surface area contributed by atoms with Gasteiger partial charge in [0.2, 0.25) is 11.7 Å². The molecular weight excluding hydrogens is 321 g/mol. The molecule has 0 unspecified atom stereocenters. The van der Waals surface area contributed by atoms with Gasteiger partial charge in [0.1, 0.15) is 11.6 Å². The molecule has 0 aliphatic heterocycles. The summed E-state index contributed by atoms with van der Waals surface area (Å²) in [6.45, 7) is 0.311. The Morgan fingerprint density at radius 3 is 2.70 bits per heavy atom. The van der Waals surface area contributed by atoms with Crippen LogP contribution >= 0.6 is 11.6 Å². The van der Waals surface area contributed by atoms with E-state index < -0.39 is 5.82 Å². The maximum absolute atomic E-state index is 13.1. The van der Waals surface area contributed by atoms with Gasteiger partial charge in [-0.15, -0.1) is 0 Å². The summed E-state index contributed by atoms with van der Waals surface area (Å²) < 4.78 is 23.4. The number of nitrogens with one attached hydrogen (secondary N) is 1. The molecular formula is C16H13ClFN3O2. The number of benzene rings is 2. The fourth-order valence-corrected chi connectivity index (χ4v) is 2.15. The van der Waals surface area contributed by atoms with Gasteiger partial charge in [-0.05, 0) is 42.5 Å². The van der Waals surface area contributed by atoms with Crippen LogP contribution in [0.25, 0.3) is 11.4 Å². The average molecular weight is 334 g/mol. The van der Waals surface area contributed by atoms with Crippen LogP contribution in [0.2, 0.25) is 5.02 Å². The van der Waals surface area contributed by atoms with Crippen LogP contribution in [0.3, 0.4) is 0 Å². The second-order valence-electron chi connectivity index (χ2n) is 4.72. The molecule has 5 nitrogen and oxygen atoms in total. The Balaban J connectivity index is 1.67. The minimum absolute atomic E-state index is 0.0550. The minimum Gasteiger partial charge on any atom is -0.497 e. The first-order chi connectivity index (χ1) is 11.2. The third-order valence-corrected chi connectivity index (χ3v) is 3.47. The molecule has 7 heteroatoms. The van der Waals surface area contributed by atoms with Crippen molar-refractivity contribution in [1.82, 2.24) is 10.1 Å². The number of anilines is 1. The molecule has 0 radical (unpaired) electrons. The molecule has 0 aliphatic carbocycles. The zero-order valence-corrected chi connectivity index (χ0v) is 13.0. The summed E-state index contributed by atoms with van der Waals surface area (Å²) in [5.41, 5.74) is 1.49. The normalized spacial score (nSPS) is 10.6. The molecule has 0 aliphatic rings. The zero-order chi connectivity index (χ0) is 16.2. The molecule has 1 N–H and O–H groups in total. The predicted molar refractivity (Wildman–Crippen MR) is 85.0 cm³/mol.